The van der Waals surface area contributed by atoms with Crippen LogP contribution in [0, 0.1) is 17.0 Å². The quantitative estimate of drug-likeness (QED) is 0.175. The van der Waals surface area contributed by atoms with Crippen LogP contribution in [0.15, 0.2) is 48.5 Å². The molecule has 44 heavy (non-hydrogen) atoms. The first-order chi connectivity index (χ1) is 20.8. The van der Waals surface area contributed by atoms with Gasteiger partial charge in [0.05, 0.1) is 6.04 Å². The van der Waals surface area contributed by atoms with E-state index in [0.29, 0.717) is 38.5 Å². The lowest BCUT2D eigenvalue weighted by molar-refractivity contribution is -0.131. The molecule has 0 radical (unpaired) electrons. The van der Waals surface area contributed by atoms with E-state index in [1.807, 2.05) is 58.0 Å². The van der Waals surface area contributed by atoms with Crippen molar-refractivity contribution in [3.05, 3.63) is 71.3 Å². The number of aliphatic hydroxyl groups excluding tert-OH is 1. The van der Waals surface area contributed by atoms with Gasteiger partial charge in [0.25, 0.3) is 0 Å². The van der Waals surface area contributed by atoms with Crippen LogP contribution in [0.2, 0.25) is 0 Å². The van der Waals surface area contributed by atoms with E-state index in [1.54, 1.807) is 0 Å². The zero-order valence-electron chi connectivity index (χ0n) is 26.5. The van der Waals surface area contributed by atoms with Crippen LogP contribution in [-0.2, 0) is 32.0 Å². The van der Waals surface area contributed by atoms with Gasteiger partial charge in [-0.1, -0.05) is 58.0 Å². The van der Waals surface area contributed by atoms with Gasteiger partial charge in [-0.25, -0.2) is 8.78 Å². The van der Waals surface area contributed by atoms with E-state index in [-0.39, 0.29) is 61.0 Å². The summed E-state index contributed by atoms with van der Waals surface area (Å²) < 4.78 is 28.0. The molecule has 0 aliphatic heterocycles. The maximum atomic E-state index is 14.3. The van der Waals surface area contributed by atoms with E-state index in [2.05, 4.69) is 10.6 Å². The Kier molecular flexibility index (Phi) is 15.3. The number of benzene rings is 2. The van der Waals surface area contributed by atoms with Gasteiger partial charge in [0.1, 0.15) is 23.5 Å². The lowest BCUT2D eigenvalue weighted by Crippen LogP contribution is -2.48. The van der Waals surface area contributed by atoms with E-state index in [4.69, 9.17) is 0 Å². The van der Waals surface area contributed by atoms with Crippen molar-refractivity contribution in [1.29, 1.82) is 0 Å². The summed E-state index contributed by atoms with van der Waals surface area (Å²) in [7, 11) is 0. The Labute approximate surface area is 260 Å². The summed E-state index contributed by atoms with van der Waals surface area (Å²) in [5.74, 6) is -2.18. The molecule has 242 valence electrons. The number of amides is 2. The summed E-state index contributed by atoms with van der Waals surface area (Å²) in [5, 5.41) is 16.5. The highest BCUT2D eigenvalue weighted by Crippen LogP contribution is 2.29. The van der Waals surface area contributed by atoms with Gasteiger partial charge in [-0.15, -0.1) is 0 Å². The van der Waals surface area contributed by atoms with E-state index >= 15 is 0 Å². The van der Waals surface area contributed by atoms with E-state index in [1.165, 1.54) is 0 Å². The molecule has 2 aromatic carbocycles. The SMILES string of the molecule is CCCC(=O)NC(CC(=O)CCC(C)(C)CCC(=O)C(O)C(Cc1ccccc1)NC(=O)CCC)Cc1cc(F)ccc1F. The van der Waals surface area contributed by atoms with Crippen LogP contribution in [0.1, 0.15) is 96.6 Å². The second-order valence-electron chi connectivity index (χ2n) is 12.4. The number of nitrogens with one attached hydrogen (secondary N) is 2. The molecule has 3 N–H and O–H groups in total. The fourth-order valence-corrected chi connectivity index (χ4v) is 5.10. The Bertz CT molecular complexity index is 1230. The van der Waals surface area contributed by atoms with Crippen molar-refractivity contribution in [2.45, 2.75) is 117 Å². The van der Waals surface area contributed by atoms with E-state index < -0.39 is 35.2 Å². The molecule has 7 nitrogen and oxygen atoms in total. The average Bonchev–Trinajstić information content (AvgIpc) is 2.97. The minimum absolute atomic E-state index is 0.0144. The van der Waals surface area contributed by atoms with Crippen molar-refractivity contribution in [2.75, 3.05) is 0 Å². The molecule has 0 aliphatic carbocycles. The Morgan fingerprint density at radius 2 is 1.43 bits per heavy atom. The first-order valence-corrected chi connectivity index (χ1v) is 15.6. The third-order valence-corrected chi connectivity index (χ3v) is 7.75. The smallest absolute Gasteiger partial charge is 0.220 e. The largest absolute Gasteiger partial charge is 0.383 e. The second-order valence-corrected chi connectivity index (χ2v) is 12.4. The molecule has 0 bridgehead atoms. The number of Topliss-reactive ketones (excluding diaryl/α,β-unsaturated/α-hetero) is 2. The first-order valence-electron chi connectivity index (χ1n) is 15.6. The standard InChI is InChI=1S/C35H48F2N2O5/c1-5-10-32(42)38-27(22-25-21-26(36)14-15-29(25)37)23-28(40)16-18-35(3,4)19-17-31(41)34(44)30(39-33(43)11-6-2)20-24-12-8-7-9-13-24/h7-9,12-15,21,27,30,34,44H,5-6,10-11,16-20,22-23H2,1-4H3,(H,38,42)(H,39,43). The summed E-state index contributed by atoms with van der Waals surface area (Å²) in [5.41, 5.74) is 0.568. The number of halogens is 2. The molecule has 2 rings (SSSR count). The molecule has 0 saturated carbocycles. The molecule has 3 unspecified atom stereocenters. The van der Waals surface area contributed by atoms with Gasteiger partial charge in [0, 0.05) is 38.1 Å². The first kappa shape index (κ1) is 36.7. The van der Waals surface area contributed by atoms with Gasteiger partial charge in [-0.05, 0) is 73.3 Å². The minimum Gasteiger partial charge on any atom is -0.383 e. The molecule has 0 fully saturated rings. The molecular weight excluding hydrogens is 566 g/mol. The number of aliphatic hydroxyl groups is 1. The highest BCUT2D eigenvalue weighted by atomic mass is 19.1. The van der Waals surface area contributed by atoms with Crippen LogP contribution in [0.25, 0.3) is 0 Å². The lowest BCUT2D eigenvalue weighted by atomic mass is 9.80. The number of hydrogen-bond donors (Lipinski definition) is 3. The molecule has 3 atom stereocenters. The van der Waals surface area contributed by atoms with E-state index in [0.717, 1.165) is 23.8 Å². The molecule has 2 aromatic rings. The third kappa shape index (κ3) is 13.5. The van der Waals surface area contributed by atoms with Crippen LogP contribution < -0.4 is 10.6 Å². The van der Waals surface area contributed by atoms with Crippen LogP contribution >= 0.6 is 0 Å². The Morgan fingerprint density at radius 1 is 0.818 bits per heavy atom. The molecule has 0 spiro atoms. The number of carbonyl (C=O) groups is 4. The Balaban J connectivity index is 1.97. The summed E-state index contributed by atoms with van der Waals surface area (Å²) in [6.07, 6.45) is 1.85. The molecule has 0 heterocycles. The fourth-order valence-electron chi connectivity index (χ4n) is 5.10. The Hall–Kier alpha value is -3.46. The van der Waals surface area contributed by atoms with Crippen LogP contribution in [-0.4, -0.2) is 46.7 Å². The van der Waals surface area contributed by atoms with Crippen molar-refractivity contribution >= 4 is 23.4 Å². The topological polar surface area (TPSA) is 113 Å². The Morgan fingerprint density at radius 3 is 2.07 bits per heavy atom. The predicted molar refractivity (Wildman–Crippen MR) is 167 cm³/mol. The summed E-state index contributed by atoms with van der Waals surface area (Å²) in [6, 6.07) is 11.0. The third-order valence-electron chi connectivity index (χ3n) is 7.75. The average molecular weight is 615 g/mol. The highest BCUT2D eigenvalue weighted by Gasteiger charge is 2.30. The molecule has 0 saturated heterocycles. The molecule has 9 heteroatoms. The summed E-state index contributed by atoms with van der Waals surface area (Å²) in [4.78, 5) is 50.6. The van der Waals surface area contributed by atoms with Crippen molar-refractivity contribution in [3.63, 3.8) is 0 Å². The zero-order valence-corrected chi connectivity index (χ0v) is 26.5. The lowest BCUT2D eigenvalue weighted by Gasteiger charge is -2.27. The normalized spacial score (nSPS) is 13.5. The second kappa shape index (κ2) is 18.4. The number of hydrogen-bond acceptors (Lipinski definition) is 5. The monoisotopic (exact) mass is 614 g/mol. The molecule has 0 aliphatic rings. The van der Waals surface area contributed by atoms with Gasteiger partial charge in [-0.2, -0.15) is 0 Å². The number of rotatable bonds is 20. The summed E-state index contributed by atoms with van der Waals surface area (Å²) in [6.45, 7) is 7.61. The maximum Gasteiger partial charge on any atom is 0.220 e. The van der Waals surface area contributed by atoms with Gasteiger partial charge >= 0.3 is 0 Å². The zero-order chi connectivity index (χ0) is 32.7. The van der Waals surface area contributed by atoms with Crippen molar-refractivity contribution in [3.8, 4) is 0 Å². The molecule has 0 aromatic heterocycles. The predicted octanol–water partition coefficient (Wildman–Crippen LogP) is 5.80. The molecular formula is C35H48F2N2O5. The van der Waals surface area contributed by atoms with Gasteiger partial charge < -0.3 is 15.7 Å². The summed E-state index contributed by atoms with van der Waals surface area (Å²) >= 11 is 0. The maximum absolute atomic E-state index is 14.3. The fraction of sp³-hybridized carbons (Fsp3) is 0.543. The van der Waals surface area contributed by atoms with Gasteiger partial charge in [0.15, 0.2) is 5.78 Å². The van der Waals surface area contributed by atoms with Crippen molar-refractivity contribution < 1.29 is 33.1 Å². The van der Waals surface area contributed by atoms with Crippen LogP contribution in [0.5, 0.6) is 0 Å². The van der Waals surface area contributed by atoms with Gasteiger partial charge in [-0.3, -0.25) is 19.2 Å². The van der Waals surface area contributed by atoms with Crippen molar-refractivity contribution in [2.24, 2.45) is 5.41 Å². The van der Waals surface area contributed by atoms with Gasteiger partial charge in [0.2, 0.25) is 11.8 Å². The van der Waals surface area contributed by atoms with E-state index in [9.17, 15) is 33.1 Å². The van der Waals surface area contributed by atoms with Crippen LogP contribution in [0.3, 0.4) is 0 Å². The minimum atomic E-state index is -1.37. The number of ketones is 2. The number of carbonyl (C=O) groups excluding carboxylic acids is 4. The van der Waals surface area contributed by atoms with Crippen molar-refractivity contribution in [1.82, 2.24) is 10.6 Å². The highest BCUT2D eigenvalue weighted by molar-refractivity contribution is 5.85. The molecule has 2 amide bonds. The van der Waals surface area contributed by atoms with Crippen LogP contribution in [0.4, 0.5) is 8.78 Å².